The first-order valence-electron chi connectivity index (χ1n) is 5.83. The quantitative estimate of drug-likeness (QED) is 0.776. The molecule has 0 saturated carbocycles. The van der Waals surface area contributed by atoms with Gasteiger partial charge >= 0.3 is 0 Å². The van der Waals surface area contributed by atoms with E-state index in [4.69, 9.17) is 10.5 Å². The van der Waals surface area contributed by atoms with Gasteiger partial charge in [-0.2, -0.15) is 0 Å². The molecular formula is C13H20BrNO. The van der Waals surface area contributed by atoms with E-state index in [2.05, 4.69) is 28.9 Å². The van der Waals surface area contributed by atoms with Crippen LogP contribution in [0.1, 0.15) is 31.2 Å². The van der Waals surface area contributed by atoms with Gasteiger partial charge in [-0.05, 0) is 44.0 Å². The van der Waals surface area contributed by atoms with Crippen LogP contribution in [-0.2, 0) is 0 Å². The number of rotatable bonds is 7. The van der Waals surface area contributed by atoms with E-state index in [0.717, 1.165) is 36.2 Å². The van der Waals surface area contributed by atoms with Gasteiger partial charge in [0.05, 0.1) is 6.61 Å². The van der Waals surface area contributed by atoms with Crippen LogP contribution < -0.4 is 10.5 Å². The van der Waals surface area contributed by atoms with E-state index in [0.29, 0.717) is 0 Å². The number of ether oxygens (including phenoxy) is 1. The van der Waals surface area contributed by atoms with Gasteiger partial charge in [0.1, 0.15) is 5.75 Å². The van der Waals surface area contributed by atoms with Crippen LogP contribution in [0.15, 0.2) is 22.7 Å². The van der Waals surface area contributed by atoms with Gasteiger partial charge in [-0.25, -0.2) is 0 Å². The Hall–Kier alpha value is -0.540. The van der Waals surface area contributed by atoms with Gasteiger partial charge in [-0.3, -0.25) is 0 Å². The number of hydrogen-bond donors (Lipinski definition) is 1. The third-order valence-electron chi connectivity index (χ3n) is 2.51. The molecule has 1 aromatic carbocycles. The normalized spacial score (nSPS) is 10.4. The number of halogens is 1. The molecule has 90 valence electrons. The zero-order chi connectivity index (χ0) is 11.8. The summed E-state index contributed by atoms with van der Waals surface area (Å²) in [5.41, 5.74) is 6.62. The van der Waals surface area contributed by atoms with Crippen molar-refractivity contribution in [3.63, 3.8) is 0 Å². The van der Waals surface area contributed by atoms with Gasteiger partial charge < -0.3 is 10.5 Å². The monoisotopic (exact) mass is 285 g/mol. The van der Waals surface area contributed by atoms with E-state index in [1.807, 2.05) is 12.1 Å². The van der Waals surface area contributed by atoms with Crippen LogP contribution in [0.3, 0.4) is 0 Å². The molecular weight excluding hydrogens is 266 g/mol. The highest BCUT2D eigenvalue weighted by atomic mass is 79.9. The van der Waals surface area contributed by atoms with Gasteiger partial charge in [0, 0.05) is 4.47 Å². The minimum atomic E-state index is 0.794. The molecule has 0 saturated heterocycles. The maximum absolute atomic E-state index is 5.74. The third kappa shape index (κ3) is 4.99. The first-order chi connectivity index (χ1) is 7.74. The molecule has 0 aliphatic heterocycles. The van der Waals surface area contributed by atoms with Crippen molar-refractivity contribution in [1.82, 2.24) is 0 Å². The highest BCUT2D eigenvalue weighted by Gasteiger charge is 1.99. The van der Waals surface area contributed by atoms with Crippen molar-refractivity contribution in [2.45, 2.75) is 32.6 Å². The SMILES string of the molecule is Cc1ccc(Br)cc1OCCCCCCN. The Morgan fingerprint density at radius 2 is 1.94 bits per heavy atom. The highest BCUT2D eigenvalue weighted by Crippen LogP contribution is 2.23. The zero-order valence-electron chi connectivity index (χ0n) is 9.84. The number of nitrogens with two attached hydrogens (primary N) is 1. The fourth-order valence-electron chi connectivity index (χ4n) is 1.51. The summed E-state index contributed by atoms with van der Waals surface area (Å²) in [5, 5.41) is 0. The molecule has 0 fully saturated rings. The molecule has 2 N–H and O–H groups in total. The Balaban J connectivity index is 2.23. The van der Waals surface area contributed by atoms with Crippen molar-refractivity contribution < 1.29 is 4.74 Å². The Bertz CT molecular complexity index is 315. The summed E-state index contributed by atoms with van der Waals surface area (Å²) in [6.45, 7) is 3.66. The minimum Gasteiger partial charge on any atom is -0.493 e. The smallest absolute Gasteiger partial charge is 0.123 e. The molecule has 16 heavy (non-hydrogen) atoms. The second-order valence-electron chi connectivity index (χ2n) is 3.96. The molecule has 0 aromatic heterocycles. The summed E-state index contributed by atoms with van der Waals surface area (Å²) in [4.78, 5) is 0. The van der Waals surface area contributed by atoms with Crippen LogP contribution in [0, 0.1) is 6.92 Å². The second-order valence-corrected chi connectivity index (χ2v) is 4.88. The maximum atomic E-state index is 5.74. The number of aryl methyl sites for hydroxylation is 1. The molecule has 0 amide bonds. The second kappa shape index (κ2) is 7.69. The number of benzene rings is 1. The molecule has 1 aromatic rings. The largest absolute Gasteiger partial charge is 0.493 e. The van der Waals surface area contributed by atoms with Crippen molar-refractivity contribution in [2.24, 2.45) is 5.73 Å². The van der Waals surface area contributed by atoms with E-state index >= 15 is 0 Å². The van der Waals surface area contributed by atoms with E-state index in [1.54, 1.807) is 0 Å². The topological polar surface area (TPSA) is 35.2 Å². The van der Waals surface area contributed by atoms with Crippen LogP contribution in [0.4, 0.5) is 0 Å². The Kier molecular flexibility index (Phi) is 6.50. The van der Waals surface area contributed by atoms with Gasteiger partial charge in [0.15, 0.2) is 0 Å². The van der Waals surface area contributed by atoms with Crippen molar-refractivity contribution in [3.05, 3.63) is 28.2 Å². The summed E-state index contributed by atoms with van der Waals surface area (Å²) in [6, 6.07) is 6.12. The molecule has 0 atom stereocenters. The summed E-state index contributed by atoms with van der Waals surface area (Å²) >= 11 is 3.45. The average Bonchev–Trinajstić information content (AvgIpc) is 2.28. The molecule has 0 unspecified atom stereocenters. The van der Waals surface area contributed by atoms with E-state index in [1.165, 1.54) is 18.4 Å². The molecule has 0 radical (unpaired) electrons. The lowest BCUT2D eigenvalue weighted by molar-refractivity contribution is 0.302. The maximum Gasteiger partial charge on any atom is 0.123 e. The van der Waals surface area contributed by atoms with Gasteiger partial charge in [-0.15, -0.1) is 0 Å². The van der Waals surface area contributed by atoms with Crippen LogP contribution in [0.5, 0.6) is 5.75 Å². The predicted molar refractivity (Wildman–Crippen MR) is 71.9 cm³/mol. The summed E-state index contributed by atoms with van der Waals surface area (Å²) in [5.74, 6) is 0.980. The standard InChI is InChI=1S/C13H20BrNO/c1-11-6-7-12(14)10-13(11)16-9-5-3-2-4-8-15/h6-7,10H,2-5,8-9,15H2,1H3. The zero-order valence-corrected chi connectivity index (χ0v) is 11.4. The molecule has 0 spiro atoms. The predicted octanol–water partition coefficient (Wildman–Crippen LogP) is 3.66. The highest BCUT2D eigenvalue weighted by molar-refractivity contribution is 9.10. The molecule has 0 aliphatic carbocycles. The van der Waals surface area contributed by atoms with E-state index < -0.39 is 0 Å². The number of hydrogen-bond acceptors (Lipinski definition) is 2. The lowest BCUT2D eigenvalue weighted by Gasteiger charge is -2.09. The van der Waals surface area contributed by atoms with Crippen LogP contribution in [0.25, 0.3) is 0 Å². The molecule has 0 bridgehead atoms. The molecule has 3 heteroatoms. The molecule has 0 heterocycles. The lowest BCUT2D eigenvalue weighted by atomic mass is 10.2. The van der Waals surface area contributed by atoms with Gasteiger partial charge in [-0.1, -0.05) is 34.8 Å². The van der Waals surface area contributed by atoms with Crippen LogP contribution in [0.2, 0.25) is 0 Å². The summed E-state index contributed by atoms with van der Waals surface area (Å²) in [7, 11) is 0. The summed E-state index contributed by atoms with van der Waals surface area (Å²) in [6.07, 6.45) is 4.63. The lowest BCUT2D eigenvalue weighted by Crippen LogP contribution is -2.01. The van der Waals surface area contributed by atoms with Gasteiger partial charge in [0.2, 0.25) is 0 Å². The summed E-state index contributed by atoms with van der Waals surface area (Å²) < 4.78 is 6.80. The van der Waals surface area contributed by atoms with Crippen LogP contribution >= 0.6 is 15.9 Å². The fourth-order valence-corrected chi connectivity index (χ4v) is 1.85. The van der Waals surface area contributed by atoms with Crippen molar-refractivity contribution >= 4 is 15.9 Å². The Labute approximate surface area is 106 Å². The Morgan fingerprint density at radius 3 is 2.69 bits per heavy atom. The number of unbranched alkanes of at least 4 members (excludes halogenated alkanes) is 3. The average molecular weight is 286 g/mol. The molecule has 1 rings (SSSR count). The molecule has 0 aliphatic rings. The third-order valence-corrected chi connectivity index (χ3v) is 3.00. The van der Waals surface area contributed by atoms with Crippen molar-refractivity contribution in [2.75, 3.05) is 13.2 Å². The van der Waals surface area contributed by atoms with Crippen molar-refractivity contribution in [1.29, 1.82) is 0 Å². The first-order valence-corrected chi connectivity index (χ1v) is 6.62. The fraction of sp³-hybridized carbons (Fsp3) is 0.538. The Morgan fingerprint density at radius 1 is 1.19 bits per heavy atom. The van der Waals surface area contributed by atoms with E-state index in [-0.39, 0.29) is 0 Å². The van der Waals surface area contributed by atoms with E-state index in [9.17, 15) is 0 Å². The van der Waals surface area contributed by atoms with Crippen LogP contribution in [-0.4, -0.2) is 13.2 Å². The first kappa shape index (κ1) is 13.5. The minimum absolute atomic E-state index is 0.794. The van der Waals surface area contributed by atoms with Gasteiger partial charge in [0.25, 0.3) is 0 Å². The molecule has 2 nitrogen and oxygen atoms in total. The van der Waals surface area contributed by atoms with Crippen molar-refractivity contribution in [3.8, 4) is 5.75 Å².